The van der Waals surface area contributed by atoms with Crippen LogP contribution in [0.2, 0.25) is 0 Å². The lowest BCUT2D eigenvalue weighted by molar-refractivity contribution is 0.438. The lowest BCUT2D eigenvalue weighted by atomic mass is 10.0. The number of hydrogen-bond acceptors (Lipinski definition) is 2. The zero-order chi connectivity index (χ0) is 11.4. The van der Waals surface area contributed by atoms with Gasteiger partial charge in [-0.05, 0) is 31.7 Å². The van der Waals surface area contributed by atoms with Crippen LogP contribution in [-0.4, -0.2) is 22.6 Å². The number of rotatable bonds is 3. The van der Waals surface area contributed by atoms with Crippen LogP contribution in [0.15, 0.2) is 12.5 Å². The Morgan fingerprint density at radius 1 is 1.56 bits per heavy atom. The normalized spacial score (nSPS) is 24.0. The minimum absolute atomic E-state index is 0.606. The SMILES string of the molecule is CCC(C)c1cncn1C1CCCCNC1. The maximum atomic E-state index is 4.33. The van der Waals surface area contributed by atoms with Crippen LogP contribution < -0.4 is 5.32 Å². The number of aromatic nitrogens is 2. The van der Waals surface area contributed by atoms with Crippen molar-refractivity contribution in [3.63, 3.8) is 0 Å². The second-order valence-corrected chi connectivity index (χ2v) is 4.89. The van der Waals surface area contributed by atoms with Gasteiger partial charge in [0, 0.05) is 24.5 Å². The molecule has 2 heterocycles. The second-order valence-electron chi connectivity index (χ2n) is 4.89. The molecule has 3 heteroatoms. The minimum atomic E-state index is 0.606. The number of hydrogen-bond donors (Lipinski definition) is 1. The van der Waals surface area contributed by atoms with Gasteiger partial charge < -0.3 is 9.88 Å². The Labute approximate surface area is 98.3 Å². The first-order valence-corrected chi connectivity index (χ1v) is 6.55. The van der Waals surface area contributed by atoms with Gasteiger partial charge in [-0.2, -0.15) is 0 Å². The summed E-state index contributed by atoms with van der Waals surface area (Å²) in [5, 5.41) is 3.52. The average Bonchev–Trinajstić information content (AvgIpc) is 2.64. The second kappa shape index (κ2) is 5.48. The number of nitrogens with one attached hydrogen (secondary N) is 1. The van der Waals surface area contributed by atoms with Crippen LogP contribution in [0.1, 0.15) is 57.2 Å². The van der Waals surface area contributed by atoms with Crippen LogP contribution in [0.25, 0.3) is 0 Å². The Bertz CT molecular complexity index is 311. The van der Waals surface area contributed by atoms with Crippen LogP contribution in [0.3, 0.4) is 0 Å². The molecule has 0 aromatic carbocycles. The van der Waals surface area contributed by atoms with Crippen LogP contribution >= 0.6 is 0 Å². The van der Waals surface area contributed by atoms with Crippen molar-refractivity contribution in [3.05, 3.63) is 18.2 Å². The maximum Gasteiger partial charge on any atom is 0.0951 e. The van der Waals surface area contributed by atoms with Crippen molar-refractivity contribution in [1.29, 1.82) is 0 Å². The number of nitrogens with zero attached hydrogens (tertiary/aromatic N) is 2. The van der Waals surface area contributed by atoms with E-state index in [1.165, 1.54) is 37.9 Å². The summed E-state index contributed by atoms with van der Waals surface area (Å²) in [4.78, 5) is 4.33. The van der Waals surface area contributed by atoms with Crippen molar-refractivity contribution >= 4 is 0 Å². The van der Waals surface area contributed by atoms with Gasteiger partial charge in [-0.1, -0.05) is 20.3 Å². The van der Waals surface area contributed by atoms with Crippen molar-refractivity contribution < 1.29 is 0 Å². The van der Waals surface area contributed by atoms with Crippen LogP contribution in [0.4, 0.5) is 0 Å². The predicted octanol–water partition coefficient (Wildman–Crippen LogP) is 2.71. The maximum absolute atomic E-state index is 4.33. The molecule has 1 saturated heterocycles. The fraction of sp³-hybridized carbons (Fsp3) is 0.769. The minimum Gasteiger partial charge on any atom is -0.330 e. The van der Waals surface area contributed by atoms with E-state index >= 15 is 0 Å². The molecule has 1 aliphatic rings. The molecule has 1 N–H and O–H groups in total. The van der Waals surface area contributed by atoms with Crippen LogP contribution in [-0.2, 0) is 0 Å². The van der Waals surface area contributed by atoms with Gasteiger partial charge in [0.1, 0.15) is 0 Å². The Morgan fingerprint density at radius 2 is 2.44 bits per heavy atom. The van der Waals surface area contributed by atoms with Gasteiger partial charge in [-0.3, -0.25) is 0 Å². The lowest BCUT2D eigenvalue weighted by Gasteiger charge is -2.21. The molecule has 2 rings (SSSR count). The molecule has 2 atom stereocenters. The molecule has 2 unspecified atom stereocenters. The Kier molecular flexibility index (Phi) is 3.99. The van der Waals surface area contributed by atoms with E-state index in [2.05, 4.69) is 28.7 Å². The molecule has 1 aromatic heterocycles. The summed E-state index contributed by atoms with van der Waals surface area (Å²) < 4.78 is 2.40. The molecule has 3 nitrogen and oxygen atoms in total. The third-order valence-corrected chi connectivity index (χ3v) is 3.73. The molecule has 90 valence electrons. The van der Waals surface area contributed by atoms with Crippen molar-refractivity contribution in [2.75, 3.05) is 13.1 Å². The molecule has 0 aliphatic carbocycles. The Morgan fingerprint density at radius 3 is 3.25 bits per heavy atom. The molecule has 0 bridgehead atoms. The summed E-state index contributed by atoms with van der Waals surface area (Å²) in [6.45, 7) is 6.80. The van der Waals surface area contributed by atoms with E-state index in [1.807, 2.05) is 12.5 Å². The molecular weight excluding hydrogens is 198 g/mol. The van der Waals surface area contributed by atoms with Gasteiger partial charge in [0.15, 0.2) is 0 Å². The van der Waals surface area contributed by atoms with E-state index in [1.54, 1.807) is 0 Å². The van der Waals surface area contributed by atoms with Gasteiger partial charge in [0.25, 0.3) is 0 Å². The summed E-state index contributed by atoms with van der Waals surface area (Å²) in [5.74, 6) is 0.616. The molecule has 0 saturated carbocycles. The standard InChI is InChI=1S/C13H23N3/c1-3-11(2)13-9-15-10-16(13)12-6-4-5-7-14-8-12/h9-12,14H,3-8H2,1-2H3. The third-order valence-electron chi connectivity index (χ3n) is 3.73. The number of imidazole rings is 1. The molecular formula is C13H23N3. The molecule has 0 amide bonds. The third kappa shape index (κ3) is 2.46. The molecule has 16 heavy (non-hydrogen) atoms. The summed E-state index contributed by atoms with van der Waals surface area (Å²) in [5.41, 5.74) is 1.40. The van der Waals surface area contributed by atoms with Gasteiger partial charge in [-0.25, -0.2) is 4.98 Å². The molecule has 0 radical (unpaired) electrons. The lowest BCUT2D eigenvalue weighted by Crippen LogP contribution is -2.24. The average molecular weight is 221 g/mol. The van der Waals surface area contributed by atoms with Gasteiger partial charge in [0.05, 0.1) is 6.33 Å². The first-order chi connectivity index (χ1) is 7.83. The Hall–Kier alpha value is -0.830. The fourth-order valence-electron chi connectivity index (χ4n) is 2.45. The highest BCUT2D eigenvalue weighted by Crippen LogP contribution is 2.24. The highest BCUT2D eigenvalue weighted by Gasteiger charge is 2.18. The van der Waals surface area contributed by atoms with Crippen molar-refractivity contribution in [3.8, 4) is 0 Å². The summed E-state index contributed by atoms with van der Waals surface area (Å²) in [7, 11) is 0. The molecule has 1 aliphatic heterocycles. The molecule has 1 aromatic rings. The smallest absolute Gasteiger partial charge is 0.0951 e. The quantitative estimate of drug-likeness (QED) is 0.850. The first kappa shape index (κ1) is 11.6. The molecule has 0 spiro atoms. The van der Waals surface area contributed by atoms with Crippen molar-refractivity contribution in [2.45, 2.75) is 51.5 Å². The highest BCUT2D eigenvalue weighted by atomic mass is 15.1. The van der Waals surface area contributed by atoms with Crippen molar-refractivity contribution in [2.24, 2.45) is 0 Å². The monoisotopic (exact) mass is 221 g/mol. The molecule has 1 fully saturated rings. The Balaban J connectivity index is 2.15. The zero-order valence-corrected chi connectivity index (χ0v) is 10.4. The van der Waals surface area contributed by atoms with Crippen molar-refractivity contribution in [1.82, 2.24) is 14.9 Å². The van der Waals surface area contributed by atoms with Crippen LogP contribution in [0.5, 0.6) is 0 Å². The van der Waals surface area contributed by atoms with E-state index in [9.17, 15) is 0 Å². The first-order valence-electron chi connectivity index (χ1n) is 6.55. The predicted molar refractivity (Wildman–Crippen MR) is 66.7 cm³/mol. The van der Waals surface area contributed by atoms with E-state index in [-0.39, 0.29) is 0 Å². The summed E-state index contributed by atoms with van der Waals surface area (Å²) >= 11 is 0. The summed E-state index contributed by atoms with van der Waals surface area (Å²) in [6, 6.07) is 0.606. The van der Waals surface area contributed by atoms with E-state index in [4.69, 9.17) is 0 Å². The van der Waals surface area contributed by atoms with Crippen LogP contribution in [0, 0.1) is 0 Å². The highest BCUT2D eigenvalue weighted by molar-refractivity contribution is 5.06. The fourth-order valence-corrected chi connectivity index (χ4v) is 2.45. The topological polar surface area (TPSA) is 29.9 Å². The van der Waals surface area contributed by atoms with E-state index in [0.717, 1.165) is 6.54 Å². The van der Waals surface area contributed by atoms with Gasteiger partial charge in [-0.15, -0.1) is 0 Å². The largest absolute Gasteiger partial charge is 0.330 e. The van der Waals surface area contributed by atoms with E-state index < -0.39 is 0 Å². The van der Waals surface area contributed by atoms with Gasteiger partial charge >= 0.3 is 0 Å². The van der Waals surface area contributed by atoms with E-state index in [0.29, 0.717) is 12.0 Å². The zero-order valence-electron chi connectivity index (χ0n) is 10.4. The van der Waals surface area contributed by atoms with Gasteiger partial charge in [0.2, 0.25) is 0 Å². The summed E-state index contributed by atoms with van der Waals surface area (Å²) in [6.07, 6.45) is 9.16.